The van der Waals surface area contributed by atoms with Crippen molar-refractivity contribution in [2.45, 2.75) is 6.18 Å². The first kappa shape index (κ1) is 12.4. The molecule has 2 rings (SSSR count). The fourth-order valence-electron chi connectivity index (χ4n) is 1.34. The van der Waals surface area contributed by atoms with E-state index in [-0.39, 0.29) is 0 Å². The lowest BCUT2D eigenvalue weighted by atomic mass is 10.1. The molecular weight excluding hydrogens is 317 g/mol. The Labute approximate surface area is 107 Å². The van der Waals surface area contributed by atoms with Crippen LogP contribution in [0.1, 0.15) is 5.56 Å². The zero-order valence-electron chi connectivity index (χ0n) is 8.25. The number of rotatable bonds is 1. The monoisotopic (exact) mass is 322 g/mol. The van der Waals surface area contributed by atoms with Crippen molar-refractivity contribution < 1.29 is 13.2 Å². The van der Waals surface area contributed by atoms with Gasteiger partial charge in [0.15, 0.2) is 5.13 Å². The number of alkyl halides is 3. The number of nitrogen functional groups attached to an aromatic ring is 1. The van der Waals surface area contributed by atoms with Gasteiger partial charge in [0, 0.05) is 5.56 Å². The lowest BCUT2D eigenvalue weighted by molar-refractivity contribution is -0.137. The summed E-state index contributed by atoms with van der Waals surface area (Å²) in [6.07, 6.45) is -4.36. The van der Waals surface area contributed by atoms with Crippen molar-refractivity contribution in [3.05, 3.63) is 33.6 Å². The lowest BCUT2D eigenvalue weighted by Gasteiger charge is -2.07. The van der Waals surface area contributed by atoms with E-state index in [9.17, 15) is 13.2 Å². The van der Waals surface area contributed by atoms with Gasteiger partial charge in [-0.2, -0.15) is 13.2 Å². The van der Waals surface area contributed by atoms with E-state index < -0.39 is 11.7 Å². The molecule has 0 unspecified atom stereocenters. The van der Waals surface area contributed by atoms with Gasteiger partial charge in [-0.1, -0.05) is 23.5 Å². The van der Waals surface area contributed by atoms with Crippen LogP contribution in [-0.2, 0) is 6.18 Å². The highest BCUT2D eigenvalue weighted by Gasteiger charge is 2.30. The second kappa shape index (κ2) is 4.30. The third kappa shape index (κ3) is 2.61. The van der Waals surface area contributed by atoms with Crippen molar-refractivity contribution in [1.82, 2.24) is 4.98 Å². The number of nitrogens with two attached hydrogens (primary N) is 1. The molecular formula is C10H6BrF3N2S. The first-order valence-electron chi connectivity index (χ1n) is 4.47. The fraction of sp³-hybridized carbons (Fsp3) is 0.100. The Balaban J connectivity index is 2.50. The maximum absolute atomic E-state index is 12.5. The summed E-state index contributed by atoms with van der Waals surface area (Å²) in [6.45, 7) is 0. The summed E-state index contributed by atoms with van der Waals surface area (Å²) in [5, 5.41) is 0.310. The summed E-state index contributed by atoms with van der Waals surface area (Å²) in [5.74, 6) is 0. The Hall–Kier alpha value is -1.08. The molecule has 0 saturated heterocycles. The second-order valence-corrected chi connectivity index (χ2v) is 5.60. The number of hydrogen-bond acceptors (Lipinski definition) is 3. The van der Waals surface area contributed by atoms with Gasteiger partial charge in [0.05, 0.1) is 15.0 Å². The molecule has 0 aliphatic rings. The summed E-state index contributed by atoms with van der Waals surface area (Å²) >= 11 is 4.40. The van der Waals surface area contributed by atoms with Gasteiger partial charge in [-0.25, -0.2) is 4.98 Å². The minimum atomic E-state index is -4.36. The van der Waals surface area contributed by atoms with Crippen LogP contribution in [0.4, 0.5) is 18.3 Å². The highest BCUT2D eigenvalue weighted by atomic mass is 79.9. The minimum Gasteiger partial charge on any atom is -0.375 e. The predicted molar refractivity (Wildman–Crippen MR) is 64.7 cm³/mol. The molecule has 17 heavy (non-hydrogen) atoms. The van der Waals surface area contributed by atoms with Crippen molar-refractivity contribution in [1.29, 1.82) is 0 Å². The Morgan fingerprint density at radius 3 is 2.53 bits per heavy atom. The van der Waals surface area contributed by atoms with Gasteiger partial charge in [0.1, 0.15) is 0 Å². The molecule has 7 heteroatoms. The van der Waals surface area contributed by atoms with E-state index >= 15 is 0 Å². The Morgan fingerprint density at radius 1 is 1.29 bits per heavy atom. The van der Waals surface area contributed by atoms with Gasteiger partial charge in [0.25, 0.3) is 0 Å². The molecule has 0 atom stereocenters. The number of thiazole rings is 1. The average Bonchev–Trinajstić information content (AvgIpc) is 2.57. The Kier molecular flexibility index (Phi) is 3.13. The van der Waals surface area contributed by atoms with Crippen molar-refractivity contribution in [2.75, 3.05) is 5.73 Å². The van der Waals surface area contributed by atoms with E-state index in [1.165, 1.54) is 17.4 Å². The maximum atomic E-state index is 12.5. The highest BCUT2D eigenvalue weighted by molar-refractivity contribution is 9.11. The van der Waals surface area contributed by atoms with Gasteiger partial charge in [-0.15, -0.1) is 0 Å². The quantitative estimate of drug-likeness (QED) is 0.855. The van der Waals surface area contributed by atoms with E-state index in [1.54, 1.807) is 6.07 Å². The maximum Gasteiger partial charge on any atom is 0.416 e. The average molecular weight is 323 g/mol. The number of nitrogens with zero attached hydrogens (tertiary/aromatic N) is 1. The molecule has 0 fully saturated rings. The molecule has 0 radical (unpaired) electrons. The molecule has 2 N–H and O–H groups in total. The number of anilines is 1. The zero-order chi connectivity index (χ0) is 12.6. The molecule has 0 amide bonds. The number of aromatic nitrogens is 1. The van der Waals surface area contributed by atoms with Crippen LogP contribution in [0, 0.1) is 0 Å². The van der Waals surface area contributed by atoms with E-state index in [0.29, 0.717) is 20.2 Å². The van der Waals surface area contributed by atoms with Crippen LogP contribution in [0.25, 0.3) is 11.3 Å². The summed E-state index contributed by atoms with van der Waals surface area (Å²) in [4.78, 5) is 3.99. The molecule has 1 aromatic heterocycles. The normalized spacial score (nSPS) is 11.8. The van der Waals surface area contributed by atoms with Crippen LogP contribution in [-0.4, -0.2) is 4.98 Å². The molecule has 0 aliphatic heterocycles. The Morgan fingerprint density at radius 2 is 2.00 bits per heavy atom. The van der Waals surface area contributed by atoms with Gasteiger partial charge >= 0.3 is 6.18 Å². The van der Waals surface area contributed by atoms with Crippen molar-refractivity contribution >= 4 is 32.4 Å². The van der Waals surface area contributed by atoms with Crippen LogP contribution < -0.4 is 5.73 Å². The molecule has 2 nitrogen and oxygen atoms in total. The van der Waals surface area contributed by atoms with E-state index in [1.807, 2.05) is 0 Å². The van der Waals surface area contributed by atoms with Gasteiger partial charge in [-0.3, -0.25) is 0 Å². The van der Waals surface area contributed by atoms with Crippen LogP contribution in [0.5, 0.6) is 0 Å². The van der Waals surface area contributed by atoms with Crippen molar-refractivity contribution in [3.8, 4) is 11.3 Å². The Bertz CT molecular complexity index is 551. The SMILES string of the molecule is Nc1nc(-c2cccc(C(F)(F)F)c2)c(Br)s1. The first-order chi connectivity index (χ1) is 7.88. The molecule has 0 saturated carbocycles. The third-order valence-electron chi connectivity index (χ3n) is 2.07. The molecule has 1 heterocycles. The highest BCUT2D eigenvalue weighted by Crippen LogP contribution is 2.37. The topological polar surface area (TPSA) is 38.9 Å². The van der Waals surface area contributed by atoms with Crippen LogP contribution >= 0.6 is 27.3 Å². The number of hydrogen-bond donors (Lipinski definition) is 1. The summed E-state index contributed by atoms with van der Waals surface area (Å²) in [6, 6.07) is 4.99. The third-order valence-corrected chi connectivity index (χ3v) is 3.60. The zero-order valence-corrected chi connectivity index (χ0v) is 10.7. The lowest BCUT2D eigenvalue weighted by Crippen LogP contribution is -2.04. The number of halogens is 4. The molecule has 0 bridgehead atoms. The van der Waals surface area contributed by atoms with Crippen LogP contribution in [0.2, 0.25) is 0 Å². The predicted octanol–water partition coefficient (Wildman–Crippen LogP) is 4.17. The van der Waals surface area contributed by atoms with Gasteiger partial charge in [-0.05, 0) is 28.1 Å². The minimum absolute atomic E-state index is 0.310. The van der Waals surface area contributed by atoms with Crippen LogP contribution in [0.15, 0.2) is 28.1 Å². The van der Waals surface area contributed by atoms with Gasteiger partial charge in [0.2, 0.25) is 0 Å². The largest absolute Gasteiger partial charge is 0.416 e. The van der Waals surface area contributed by atoms with Gasteiger partial charge < -0.3 is 5.73 Å². The fourth-order valence-corrected chi connectivity index (χ4v) is 2.73. The summed E-state index contributed by atoms with van der Waals surface area (Å²) in [5.41, 5.74) is 5.61. The van der Waals surface area contributed by atoms with E-state index in [2.05, 4.69) is 20.9 Å². The van der Waals surface area contributed by atoms with Crippen LogP contribution in [0.3, 0.4) is 0 Å². The second-order valence-electron chi connectivity index (χ2n) is 3.25. The van der Waals surface area contributed by atoms with E-state index in [4.69, 9.17) is 5.73 Å². The molecule has 0 aliphatic carbocycles. The molecule has 0 spiro atoms. The summed E-state index contributed by atoms with van der Waals surface area (Å²) in [7, 11) is 0. The smallest absolute Gasteiger partial charge is 0.375 e. The number of benzene rings is 1. The van der Waals surface area contributed by atoms with Crippen molar-refractivity contribution in [3.63, 3.8) is 0 Å². The molecule has 1 aromatic carbocycles. The first-order valence-corrected chi connectivity index (χ1v) is 6.08. The standard InChI is InChI=1S/C10H6BrF3N2S/c11-8-7(16-9(15)17-8)5-2-1-3-6(4-5)10(12,13)14/h1-4H,(H2,15,16). The molecule has 90 valence electrons. The van der Waals surface area contributed by atoms with E-state index in [0.717, 1.165) is 12.1 Å². The van der Waals surface area contributed by atoms with Crippen molar-refractivity contribution in [2.24, 2.45) is 0 Å². The molecule has 2 aromatic rings. The summed E-state index contributed by atoms with van der Waals surface area (Å²) < 4.78 is 38.2.